The zero-order valence-corrected chi connectivity index (χ0v) is 11.2. The molecule has 0 saturated heterocycles. The summed E-state index contributed by atoms with van der Waals surface area (Å²) in [5, 5.41) is 18.5. The van der Waals surface area contributed by atoms with Crippen molar-refractivity contribution >= 4 is 12.0 Å². The van der Waals surface area contributed by atoms with Gasteiger partial charge in [0.25, 0.3) is 0 Å². The van der Waals surface area contributed by atoms with Crippen molar-refractivity contribution in [2.45, 2.75) is 26.3 Å². The van der Waals surface area contributed by atoms with Crippen molar-refractivity contribution in [1.29, 1.82) is 0 Å². The number of carboxylic acid groups (broad SMARTS) is 1. The minimum absolute atomic E-state index is 0.105. The molecular formula is C11H19N5O3. The number of carbonyl (C=O) groups is 2. The van der Waals surface area contributed by atoms with Crippen LogP contribution in [0.3, 0.4) is 0 Å². The van der Waals surface area contributed by atoms with Gasteiger partial charge in [-0.1, -0.05) is 18.6 Å². The number of hydrogen-bond donors (Lipinski definition) is 2. The maximum Gasteiger partial charge on any atom is 0.358 e. The van der Waals surface area contributed by atoms with E-state index in [1.807, 2.05) is 0 Å². The molecule has 1 aromatic rings. The molecule has 0 aliphatic carbocycles. The molecule has 1 aromatic heterocycles. The predicted octanol–water partition coefficient (Wildman–Crippen LogP) is 0.418. The third-order valence-corrected chi connectivity index (χ3v) is 2.57. The number of carbonyl (C=O) groups excluding carboxylic acids is 1. The van der Waals surface area contributed by atoms with Gasteiger partial charge in [0.15, 0.2) is 5.69 Å². The topological polar surface area (TPSA) is 100 Å². The van der Waals surface area contributed by atoms with Crippen molar-refractivity contribution in [3.8, 4) is 0 Å². The van der Waals surface area contributed by atoms with Gasteiger partial charge in [-0.15, -0.1) is 5.10 Å². The largest absolute Gasteiger partial charge is 0.476 e. The molecule has 19 heavy (non-hydrogen) atoms. The summed E-state index contributed by atoms with van der Waals surface area (Å²) in [7, 11) is 1.74. The van der Waals surface area contributed by atoms with E-state index in [0.29, 0.717) is 13.1 Å². The minimum atomic E-state index is -1.12. The Labute approximate surface area is 111 Å². The number of unbranched alkanes of at least 4 members (excludes halogenated alkanes) is 1. The molecular weight excluding hydrogens is 250 g/mol. The lowest BCUT2D eigenvalue weighted by molar-refractivity contribution is 0.0690. The summed E-state index contributed by atoms with van der Waals surface area (Å²) in [4.78, 5) is 23.8. The van der Waals surface area contributed by atoms with E-state index in [9.17, 15) is 9.59 Å². The van der Waals surface area contributed by atoms with E-state index in [2.05, 4.69) is 22.6 Å². The molecule has 0 aliphatic rings. The molecule has 106 valence electrons. The molecule has 0 radical (unpaired) electrons. The number of urea groups is 1. The quantitative estimate of drug-likeness (QED) is 0.747. The summed E-state index contributed by atoms with van der Waals surface area (Å²) >= 11 is 0. The van der Waals surface area contributed by atoms with Gasteiger partial charge in [0.1, 0.15) is 0 Å². The normalized spacial score (nSPS) is 10.2. The molecule has 8 heteroatoms. The van der Waals surface area contributed by atoms with Gasteiger partial charge in [-0.2, -0.15) is 0 Å². The number of amides is 2. The summed E-state index contributed by atoms with van der Waals surface area (Å²) in [6.45, 7) is 3.54. The van der Waals surface area contributed by atoms with Crippen molar-refractivity contribution in [3.63, 3.8) is 0 Å². The third kappa shape index (κ3) is 4.94. The Morgan fingerprint density at radius 2 is 2.26 bits per heavy atom. The molecule has 0 spiro atoms. The first-order valence-corrected chi connectivity index (χ1v) is 6.17. The summed E-state index contributed by atoms with van der Waals surface area (Å²) in [6, 6.07) is -0.146. The molecule has 0 bridgehead atoms. The number of aromatic carboxylic acids is 1. The van der Waals surface area contributed by atoms with Crippen LogP contribution in [0.4, 0.5) is 4.79 Å². The zero-order valence-electron chi connectivity index (χ0n) is 11.2. The van der Waals surface area contributed by atoms with E-state index in [0.717, 1.165) is 19.4 Å². The Kier molecular flexibility index (Phi) is 5.77. The number of nitrogens with one attached hydrogen (secondary N) is 1. The zero-order chi connectivity index (χ0) is 14.3. The molecule has 0 unspecified atom stereocenters. The fourth-order valence-electron chi connectivity index (χ4n) is 1.41. The van der Waals surface area contributed by atoms with Crippen LogP contribution in [-0.2, 0) is 6.54 Å². The van der Waals surface area contributed by atoms with Gasteiger partial charge in [0, 0.05) is 20.1 Å². The van der Waals surface area contributed by atoms with Gasteiger partial charge < -0.3 is 15.3 Å². The predicted molar refractivity (Wildman–Crippen MR) is 67.9 cm³/mol. The van der Waals surface area contributed by atoms with E-state index < -0.39 is 5.97 Å². The lowest BCUT2D eigenvalue weighted by Gasteiger charge is -2.17. The van der Waals surface area contributed by atoms with Crippen molar-refractivity contribution in [2.24, 2.45) is 0 Å². The third-order valence-electron chi connectivity index (χ3n) is 2.57. The van der Waals surface area contributed by atoms with E-state index in [1.54, 1.807) is 11.9 Å². The first-order valence-electron chi connectivity index (χ1n) is 6.17. The molecule has 1 rings (SSSR count). The van der Waals surface area contributed by atoms with Crippen LogP contribution in [0, 0.1) is 0 Å². The van der Waals surface area contributed by atoms with Crippen LogP contribution >= 0.6 is 0 Å². The number of aromatic nitrogens is 3. The second-order valence-corrected chi connectivity index (χ2v) is 4.18. The second-order valence-electron chi connectivity index (χ2n) is 4.18. The highest BCUT2D eigenvalue weighted by molar-refractivity contribution is 5.84. The average molecular weight is 269 g/mol. The summed E-state index contributed by atoms with van der Waals surface area (Å²) in [5.41, 5.74) is -0.105. The molecule has 0 saturated carbocycles. The van der Waals surface area contributed by atoms with Gasteiger partial charge in [-0.25, -0.2) is 14.3 Å². The summed E-state index contributed by atoms with van der Waals surface area (Å²) < 4.78 is 1.38. The first kappa shape index (κ1) is 14.9. The fourth-order valence-corrected chi connectivity index (χ4v) is 1.41. The Morgan fingerprint density at radius 1 is 1.53 bits per heavy atom. The van der Waals surface area contributed by atoms with Gasteiger partial charge in [0.05, 0.1) is 12.7 Å². The molecule has 0 aromatic carbocycles. The van der Waals surface area contributed by atoms with Crippen molar-refractivity contribution in [3.05, 3.63) is 11.9 Å². The van der Waals surface area contributed by atoms with Crippen LogP contribution in [0.25, 0.3) is 0 Å². The van der Waals surface area contributed by atoms with Gasteiger partial charge in [0.2, 0.25) is 0 Å². The highest BCUT2D eigenvalue weighted by Crippen LogP contribution is 1.93. The van der Waals surface area contributed by atoms with Crippen LogP contribution in [0.1, 0.15) is 30.3 Å². The van der Waals surface area contributed by atoms with Gasteiger partial charge in [-0.3, -0.25) is 0 Å². The standard InChI is InChI=1S/C11H19N5O3/c1-3-4-6-15(2)11(19)12-5-7-16-8-9(10(17)18)13-14-16/h8H,3-7H2,1-2H3,(H,12,19)(H,17,18). The SMILES string of the molecule is CCCCN(C)C(=O)NCCn1cc(C(=O)O)nn1. The monoisotopic (exact) mass is 269 g/mol. The van der Waals surface area contributed by atoms with E-state index >= 15 is 0 Å². The molecule has 0 atom stereocenters. The smallest absolute Gasteiger partial charge is 0.358 e. The Bertz CT molecular complexity index is 432. The summed E-state index contributed by atoms with van der Waals surface area (Å²) in [6.07, 6.45) is 3.33. The van der Waals surface area contributed by atoms with Crippen LogP contribution in [-0.4, -0.2) is 57.1 Å². The minimum Gasteiger partial charge on any atom is -0.476 e. The van der Waals surface area contributed by atoms with Gasteiger partial charge >= 0.3 is 12.0 Å². The molecule has 2 N–H and O–H groups in total. The number of rotatable bonds is 7. The maximum atomic E-state index is 11.6. The molecule has 0 fully saturated rings. The summed E-state index contributed by atoms with van der Waals surface area (Å²) in [5.74, 6) is -1.12. The maximum absolute atomic E-state index is 11.6. The second kappa shape index (κ2) is 7.34. The van der Waals surface area contributed by atoms with Gasteiger partial charge in [-0.05, 0) is 6.42 Å². The Morgan fingerprint density at radius 3 is 2.84 bits per heavy atom. The molecule has 2 amide bonds. The van der Waals surface area contributed by atoms with E-state index in [4.69, 9.17) is 5.11 Å². The highest BCUT2D eigenvalue weighted by Gasteiger charge is 2.09. The molecule has 8 nitrogen and oxygen atoms in total. The van der Waals surface area contributed by atoms with Crippen LogP contribution in [0.2, 0.25) is 0 Å². The Balaban J connectivity index is 2.29. The average Bonchev–Trinajstić information content (AvgIpc) is 2.84. The van der Waals surface area contributed by atoms with E-state index in [1.165, 1.54) is 10.9 Å². The van der Waals surface area contributed by atoms with Crippen molar-refractivity contribution < 1.29 is 14.7 Å². The highest BCUT2D eigenvalue weighted by atomic mass is 16.4. The number of nitrogens with zero attached hydrogens (tertiary/aromatic N) is 4. The first-order chi connectivity index (χ1) is 9.04. The molecule has 0 aliphatic heterocycles. The lowest BCUT2D eigenvalue weighted by Crippen LogP contribution is -2.39. The van der Waals surface area contributed by atoms with Crippen LogP contribution in [0.5, 0.6) is 0 Å². The number of hydrogen-bond acceptors (Lipinski definition) is 4. The lowest BCUT2D eigenvalue weighted by atomic mass is 10.3. The van der Waals surface area contributed by atoms with Crippen LogP contribution in [0.15, 0.2) is 6.20 Å². The van der Waals surface area contributed by atoms with Crippen LogP contribution < -0.4 is 5.32 Å². The van der Waals surface area contributed by atoms with Crippen molar-refractivity contribution in [2.75, 3.05) is 20.1 Å². The molecule has 1 heterocycles. The van der Waals surface area contributed by atoms with Crippen molar-refractivity contribution in [1.82, 2.24) is 25.2 Å². The Hall–Kier alpha value is -2.12. The van der Waals surface area contributed by atoms with E-state index in [-0.39, 0.29) is 11.7 Å². The number of carboxylic acids is 1. The fraction of sp³-hybridized carbons (Fsp3) is 0.636.